The molecule has 0 aliphatic carbocycles. The Hall–Kier alpha value is -3.90. The van der Waals surface area contributed by atoms with Crippen LogP contribution < -0.4 is 10.5 Å². The Morgan fingerprint density at radius 3 is 2.57 bits per heavy atom. The lowest BCUT2D eigenvalue weighted by Gasteiger charge is -2.22. The van der Waals surface area contributed by atoms with E-state index in [2.05, 4.69) is 10.1 Å². The maximum atomic E-state index is 15.8. The Kier molecular flexibility index (Phi) is 6.61. The standard InChI is InChI=1S/C25H22F3N5O3S/c26-16-4-5-20(27)22(13-16)37(34,35)32-21-3-1-2-18(24(21)28)25-19(15-6-9-30-23(29)12-15)14-33(31-25)17-7-10-36-11-8-17/h1-6,9,12-14,17,32H,7-8,10-11H2,(H2,29,30). The molecular formula is C25H22F3N5O3S. The van der Waals surface area contributed by atoms with Gasteiger partial charge in [-0.1, -0.05) is 6.07 Å². The van der Waals surface area contributed by atoms with Gasteiger partial charge >= 0.3 is 0 Å². The van der Waals surface area contributed by atoms with E-state index in [1.54, 1.807) is 23.0 Å². The van der Waals surface area contributed by atoms with Gasteiger partial charge in [0.1, 0.15) is 28.0 Å². The predicted octanol–water partition coefficient (Wildman–Crippen LogP) is 4.76. The van der Waals surface area contributed by atoms with E-state index in [-0.39, 0.29) is 23.1 Å². The van der Waals surface area contributed by atoms with Crippen molar-refractivity contribution >= 4 is 21.5 Å². The zero-order valence-corrected chi connectivity index (χ0v) is 20.2. The third-order valence-corrected chi connectivity index (χ3v) is 7.45. The van der Waals surface area contributed by atoms with Crippen LogP contribution in [0.2, 0.25) is 0 Å². The Labute approximate surface area is 211 Å². The van der Waals surface area contributed by atoms with E-state index in [0.29, 0.717) is 36.5 Å². The third kappa shape index (κ3) is 5.02. The topological polar surface area (TPSA) is 112 Å². The van der Waals surface area contributed by atoms with Crippen LogP contribution in [0.5, 0.6) is 0 Å². The van der Waals surface area contributed by atoms with E-state index in [0.717, 1.165) is 18.9 Å². The summed E-state index contributed by atoms with van der Waals surface area (Å²) in [5.41, 5.74) is 6.91. The Bertz CT molecular complexity index is 1570. The second kappa shape index (κ2) is 9.87. The predicted molar refractivity (Wildman–Crippen MR) is 132 cm³/mol. The molecule has 1 saturated heterocycles. The lowest BCUT2D eigenvalue weighted by Crippen LogP contribution is -2.20. The highest BCUT2D eigenvalue weighted by Crippen LogP contribution is 2.37. The minimum atomic E-state index is -4.64. The molecule has 5 rings (SSSR count). The fraction of sp³-hybridized carbons (Fsp3) is 0.200. The van der Waals surface area contributed by atoms with Crippen LogP contribution in [0.1, 0.15) is 18.9 Å². The number of sulfonamides is 1. The zero-order valence-electron chi connectivity index (χ0n) is 19.4. The quantitative estimate of drug-likeness (QED) is 0.372. The molecule has 192 valence electrons. The summed E-state index contributed by atoms with van der Waals surface area (Å²) < 4.78 is 78.3. The van der Waals surface area contributed by atoms with E-state index < -0.39 is 38.1 Å². The van der Waals surface area contributed by atoms with E-state index in [1.807, 2.05) is 4.72 Å². The largest absolute Gasteiger partial charge is 0.384 e. The number of nitrogens with zero attached hydrogens (tertiary/aromatic N) is 3. The maximum absolute atomic E-state index is 15.8. The fourth-order valence-electron chi connectivity index (χ4n) is 4.23. The Balaban J connectivity index is 1.59. The molecule has 0 bridgehead atoms. The summed E-state index contributed by atoms with van der Waals surface area (Å²) in [6, 6.07) is 9.46. The van der Waals surface area contributed by atoms with Crippen LogP contribution in [-0.4, -0.2) is 36.4 Å². The zero-order chi connectivity index (χ0) is 26.2. The van der Waals surface area contributed by atoms with Crippen molar-refractivity contribution in [2.75, 3.05) is 23.7 Å². The number of halogens is 3. The van der Waals surface area contributed by atoms with Crippen LogP contribution >= 0.6 is 0 Å². The smallest absolute Gasteiger partial charge is 0.265 e. The van der Waals surface area contributed by atoms with Gasteiger partial charge in [-0.05, 0) is 60.9 Å². The van der Waals surface area contributed by atoms with E-state index >= 15 is 4.39 Å². The number of pyridine rings is 1. The third-order valence-electron chi connectivity index (χ3n) is 6.07. The monoisotopic (exact) mass is 529 g/mol. The van der Waals surface area contributed by atoms with E-state index in [1.165, 1.54) is 24.4 Å². The molecule has 3 heterocycles. The highest BCUT2D eigenvalue weighted by molar-refractivity contribution is 7.92. The van der Waals surface area contributed by atoms with Crippen LogP contribution in [0.4, 0.5) is 24.7 Å². The molecule has 37 heavy (non-hydrogen) atoms. The molecule has 0 spiro atoms. The second-order valence-electron chi connectivity index (χ2n) is 8.53. The van der Waals surface area contributed by atoms with Gasteiger partial charge in [0.2, 0.25) is 0 Å². The minimum absolute atomic E-state index is 0.0103. The number of nitrogens with one attached hydrogen (secondary N) is 1. The van der Waals surface area contributed by atoms with Crippen molar-refractivity contribution in [3.8, 4) is 22.4 Å². The van der Waals surface area contributed by atoms with E-state index in [9.17, 15) is 17.2 Å². The minimum Gasteiger partial charge on any atom is -0.384 e. The molecule has 0 radical (unpaired) electrons. The number of anilines is 2. The van der Waals surface area contributed by atoms with Gasteiger partial charge in [-0.3, -0.25) is 9.40 Å². The van der Waals surface area contributed by atoms with Crippen LogP contribution in [0, 0.1) is 17.5 Å². The number of ether oxygens (including phenoxy) is 1. The lowest BCUT2D eigenvalue weighted by atomic mass is 10.0. The normalized spacial score (nSPS) is 14.6. The SMILES string of the molecule is Nc1cc(-c2cn(C3CCOCC3)nc2-c2cccc(NS(=O)(=O)c3cc(F)ccc3F)c2F)ccn1. The number of nitrogens with two attached hydrogens (primary N) is 1. The first-order chi connectivity index (χ1) is 17.7. The first kappa shape index (κ1) is 24.8. The molecule has 1 aliphatic rings. The van der Waals surface area contributed by atoms with Crippen molar-refractivity contribution in [3.05, 3.63) is 78.4 Å². The molecule has 0 saturated carbocycles. The van der Waals surface area contributed by atoms with Gasteiger partial charge in [-0.25, -0.2) is 26.6 Å². The summed E-state index contributed by atoms with van der Waals surface area (Å²) in [5, 5.41) is 4.67. The average molecular weight is 530 g/mol. The molecule has 12 heteroatoms. The van der Waals surface area contributed by atoms with Gasteiger partial charge in [0.25, 0.3) is 10.0 Å². The summed E-state index contributed by atoms with van der Waals surface area (Å²) in [7, 11) is -4.64. The summed E-state index contributed by atoms with van der Waals surface area (Å²) in [6.07, 6.45) is 4.76. The first-order valence-corrected chi connectivity index (χ1v) is 12.9. The van der Waals surface area contributed by atoms with Crippen molar-refractivity contribution in [3.63, 3.8) is 0 Å². The van der Waals surface area contributed by atoms with Gasteiger partial charge in [0.05, 0.1) is 11.7 Å². The lowest BCUT2D eigenvalue weighted by molar-refractivity contribution is 0.0663. The van der Waals surface area contributed by atoms with E-state index in [4.69, 9.17) is 10.5 Å². The molecule has 2 aromatic carbocycles. The second-order valence-corrected chi connectivity index (χ2v) is 10.2. The van der Waals surface area contributed by atoms with Crippen molar-refractivity contribution in [2.24, 2.45) is 0 Å². The highest BCUT2D eigenvalue weighted by atomic mass is 32.2. The first-order valence-electron chi connectivity index (χ1n) is 11.4. The Morgan fingerprint density at radius 1 is 1.03 bits per heavy atom. The number of benzene rings is 2. The molecule has 3 N–H and O–H groups in total. The number of rotatable bonds is 6. The van der Waals surface area contributed by atoms with Crippen LogP contribution in [0.15, 0.2) is 65.8 Å². The molecule has 1 fully saturated rings. The molecule has 0 atom stereocenters. The molecule has 0 amide bonds. The number of hydrogen-bond donors (Lipinski definition) is 2. The highest BCUT2D eigenvalue weighted by Gasteiger charge is 2.26. The molecule has 0 unspecified atom stereocenters. The summed E-state index contributed by atoms with van der Waals surface area (Å²) in [6.45, 7) is 1.14. The fourth-order valence-corrected chi connectivity index (χ4v) is 5.38. The average Bonchev–Trinajstić information content (AvgIpc) is 3.32. The molecule has 2 aromatic heterocycles. The maximum Gasteiger partial charge on any atom is 0.265 e. The van der Waals surface area contributed by atoms with Crippen LogP contribution in [0.25, 0.3) is 22.4 Å². The van der Waals surface area contributed by atoms with Gasteiger partial charge in [-0.2, -0.15) is 5.10 Å². The molecule has 1 aliphatic heterocycles. The van der Waals surface area contributed by atoms with Crippen molar-refractivity contribution < 1.29 is 26.3 Å². The van der Waals surface area contributed by atoms with Crippen molar-refractivity contribution in [1.82, 2.24) is 14.8 Å². The Morgan fingerprint density at radius 2 is 1.81 bits per heavy atom. The number of nitrogen functional groups attached to an aromatic ring is 1. The van der Waals surface area contributed by atoms with Crippen LogP contribution in [-0.2, 0) is 14.8 Å². The summed E-state index contributed by atoms with van der Waals surface area (Å²) >= 11 is 0. The van der Waals surface area contributed by atoms with Crippen molar-refractivity contribution in [2.45, 2.75) is 23.8 Å². The number of hydrogen-bond acceptors (Lipinski definition) is 6. The molecular weight excluding hydrogens is 507 g/mol. The molecule has 4 aromatic rings. The van der Waals surface area contributed by atoms with Gasteiger partial charge in [0.15, 0.2) is 5.82 Å². The van der Waals surface area contributed by atoms with Crippen LogP contribution in [0.3, 0.4) is 0 Å². The summed E-state index contributed by atoms with van der Waals surface area (Å²) in [5.74, 6) is -2.78. The van der Waals surface area contributed by atoms with Gasteiger partial charge in [0, 0.05) is 36.7 Å². The summed E-state index contributed by atoms with van der Waals surface area (Å²) in [4.78, 5) is 3.07. The number of aromatic nitrogens is 3. The van der Waals surface area contributed by atoms with Crippen molar-refractivity contribution in [1.29, 1.82) is 0 Å². The van der Waals surface area contributed by atoms with Gasteiger partial charge < -0.3 is 10.5 Å². The molecule has 8 nitrogen and oxygen atoms in total. The van der Waals surface area contributed by atoms with Gasteiger partial charge in [-0.15, -0.1) is 0 Å².